The van der Waals surface area contributed by atoms with E-state index in [0.29, 0.717) is 12.5 Å². The molecule has 0 rings (SSSR count). The number of aliphatic hydroxyl groups excluding tert-OH is 6. The number of nitrogens with two attached hydrogens (primary N) is 3. The first-order valence-electron chi connectivity index (χ1n) is 19.1. The van der Waals surface area contributed by atoms with E-state index in [2.05, 4.69) is 21.0 Å². The van der Waals surface area contributed by atoms with Crippen molar-refractivity contribution in [2.45, 2.75) is 151 Å². The Labute approximate surface area is 311 Å². The molecule has 13 nitrogen and oxygen atoms in total. The molecule has 0 heterocycles. The average molecular weight is 764 g/mol. The standard InChI is InChI=1S/C35H78N4O9Si.ClH/c1-4-5-6-7-8-9-10-11-12-13-14-15-16-17-18-20-32(39(2)3)21-19-22-49(46-29-33(36,23-40)24-41,47-30-34(37,25-42)26-43)48-31-35(38,27-44)28-45;/h32,40-45H,4-31,36-38H2,1-3H3;1H. The van der Waals surface area contributed by atoms with Gasteiger partial charge < -0.3 is 78.4 Å². The van der Waals surface area contributed by atoms with Gasteiger partial charge in [-0.2, -0.15) is 0 Å². The van der Waals surface area contributed by atoms with E-state index in [4.69, 9.17) is 30.5 Å². The molecule has 0 radical (unpaired) electrons. The van der Waals surface area contributed by atoms with Crippen molar-refractivity contribution in [2.24, 2.45) is 17.2 Å². The van der Waals surface area contributed by atoms with Crippen molar-refractivity contribution in [1.82, 2.24) is 0 Å². The third-order valence-electron chi connectivity index (χ3n) is 9.64. The van der Waals surface area contributed by atoms with Gasteiger partial charge in [0.2, 0.25) is 0 Å². The highest BCUT2D eigenvalue weighted by Crippen LogP contribution is 2.25. The molecule has 15 heteroatoms. The number of rotatable bonds is 36. The van der Waals surface area contributed by atoms with Crippen molar-refractivity contribution in [3.63, 3.8) is 0 Å². The van der Waals surface area contributed by atoms with Crippen LogP contribution in [-0.2, 0) is 13.3 Å². The zero-order chi connectivity index (χ0) is 37.1. The first-order valence-corrected chi connectivity index (χ1v) is 21.0. The van der Waals surface area contributed by atoms with Gasteiger partial charge in [-0.25, -0.2) is 0 Å². The van der Waals surface area contributed by atoms with Crippen LogP contribution in [0.5, 0.6) is 0 Å². The fourth-order valence-corrected chi connectivity index (χ4v) is 8.42. The number of hydrogen-bond donors (Lipinski definition) is 10. The molecular formula is C35H79ClN4O9Si. The minimum atomic E-state index is -3.82. The van der Waals surface area contributed by atoms with Crippen LogP contribution in [0.2, 0.25) is 6.04 Å². The van der Waals surface area contributed by atoms with Gasteiger partial charge in [0.1, 0.15) is 0 Å². The number of nitrogens with one attached hydrogen (secondary N) is 1. The van der Waals surface area contributed by atoms with Crippen LogP contribution in [-0.4, -0.2) is 136 Å². The molecule has 0 aromatic rings. The van der Waals surface area contributed by atoms with Crippen molar-refractivity contribution in [2.75, 3.05) is 73.6 Å². The summed E-state index contributed by atoms with van der Waals surface area (Å²) < 4.78 is 18.5. The molecule has 0 amide bonds. The first kappa shape index (κ1) is 52.1. The predicted molar refractivity (Wildman–Crippen MR) is 197 cm³/mol. The highest BCUT2D eigenvalue weighted by Gasteiger charge is 2.46. The van der Waals surface area contributed by atoms with E-state index in [0.717, 1.165) is 19.3 Å². The highest BCUT2D eigenvalue weighted by atomic mass is 35.5. The lowest BCUT2D eigenvalue weighted by molar-refractivity contribution is -0.886. The van der Waals surface area contributed by atoms with Gasteiger partial charge in [-0.1, -0.05) is 96.8 Å². The van der Waals surface area contributed by atoms with Gasteiger partial charge in [0.05, 0.1) is 96.2 Å². The summed E-state index contributed by atoms with van der Waals surface area (Å²) in [5.74, 6) is 0. The summed E-state index contributed by atoms with van der Waals surface area (Å²) in [5, 5.41) is 58.7. The van der Waals surface area contributed by atoms with Crippen LogP contribution in [0.1, 0.15) is 122 Å². The van der Waals surface area contributed by atoms with Gasteiger partial charge in [0.25, 0.3) is 0 Å². The maximum Gasteiger partial charge on any atom is 0.501 e. The topological polar surface area (TPSA) is 232 Å². The quantitative estimate of drug-likeness (QED) is 0.0238. The number of unbranched alkanes of at least 4 members (excludes halogenated alkanes) is 14. The molecule has 0 aromatic heterocycles. The molecule has 0 spiro atoms. The summed E-state index contributed by atoms with van der Waals surface area (Å²) in [6.07, 6.45) is 22.4. The molecule has 0 bridgehead atoms. The smallest absolute Gasteiger partial charge is 0.501 e. The fourth-order valence-electron chi connectivity index (χ4n) is 5.58. The summed E-state index contributed by atoms with van der Waals surface area (Å²) in [6.45, 7) is -2.10. The van der Waals surface area contributed by atoms with Crippen molar-refractivity contribution < 1.29 is 61.2 Å². The van der Waals surface area contributed by atoms with Crippen LogP contribution in [0.15, 0.2) is 0 Å². The Bertz CT molecular complexity index is 713. The molecule has 13 N–H and O–H groups in total. The van der Waals surface area contributed by atoms with Gasteiger partial charge >= 0.3 is 8.80 Å². The molecular weight excluding hydrogens is 684 g/mol. The summed E-state index contributed by atoms with van der Waals surface area (Å²) in [6, 6.07) is 0.659. The van der Waals surface area contributed by atoms with Crippen LogP contribution >= 0.6 is 0 Å². The molecule has 0 fully saturated rings. The van der Waals surface area contributed by atoms with E-state index in [-0.39, 0.29) is 38.3 Å². The second-order valence-electron chi connectivity index (χ2n) is 15.0. The minimum absolute atomic E-state index is 0. The number of hydrogen-bond acceptors (Lipinski definition) is 12. The molecule has 0 aliphatic heterocycles. The third kappa shape index (κ3) is 23.6. The Morgan fingerprint density at radius 2 is 0.780 bits per heavy atom. The van der Waals surface area contributed by atoms with Crippen molar-refractivity contribution in [1.29, 1.82) is 0 Å². The molecule has 1 unspecified atom stereocenters. The number of quaternary nitrogens is 1. The Morgan fingerprint density at radius 1 is 0.500 bits per heavy atom. The average Bonchev–Trinajstić information content (AvgIpc) is 3.12. The molecule has 0 aliphatic carbocycles. The number of aliphatic hydroxyl groups is 6. The zero-order valence-corrected chi connectivity index (χ0v) is 33.7. The van der Waals surface area contributed by atoms with Crippen LogP contribution < -0.4 is 34.5 Å². The zero-order valence-electron chi connectivity index (χ0n) is 31.9. The third-order valence-corrected chi connectivity index (χ3v) is 12.4. The summed E-state index contributed by atoms with van der Waals surface area (Å²) in [4.78, 5) is 1.34. The second kappa shape index (κ2) is 30.3. The Hall–Kier alpha value is -0.0131. The van der Waals surface area contributed by atoms with Crippen LogP contribution in [0, 0.1) is 0 Å². The molecule has 50 heavy (non-hydrogen) atoms. The van der Waals surface area contributed by atoms with E-state index in [1.165, 1.54) is 94.8 Å². The maximum atomic E-state index is 9.79. The lowest BCUT2D eigenvalue weighted by Gasteiger charge is -2.38. The van der Waals surface area contributed by atoms with Crippen molar-refractivity contribution in [3.8, 4) is 0 Å². The molecule has 1 atom stereocenters. The maximum absolute atomic E-state index is 9.79. The highest BCUT2D eigenvalue weighted by molar-refractivity contribution is 6.60. The largest absolute Gasteiger partial charge is 1.00 e. The molecule has 0 aliphatic rings. The van der Waals surface area contributed by atoms with E-state index >= 15 is 0 Å². The van der Waals surface area contributed by atoms with Gasteiger partial charge in [-0.05, 0) is 25.7 Å². The summed E-state index contributed by atoms with van der Waals surface area (Å²) in [5.41, 5.74) is 13.9. The van der Waals surface area contributed by atoms with E-state index in [9.17, 15) is 30.6 Å². The Kier molecular flexibility index (Phi) is 31.6. The molecule has 0 saturated carbocycles. The Balaban J connectivity index is 0. The lowest BCUT2D eigenvalue weighted by atomic mass is 10.0. The van der Waals surface area contributed by atoms with Gasteiger partial charge in [0.15, 0.2) is 0 Å². The predicted octanol–water partition coefficient (Wildman–Crippen LogP) is -2.42. The fraction of sp³-hybridized carbons (Fsp3) is 1.00. The first-order chi connectivity index (χ1) is 23.4. The van der Waals surface area contributed by atoms with E-state index in [1.54, 1.807) is 0 Å². The SMILES string of the molecule is CCCCCCCCCCCCCCCCCC(CCC[Si](OCC(N)(CO)CO)(OCC(N)(CO)CO)OCC(N)(CO)CO)[NH+](C)C.[Cl-]. The van der Waals surface area contributed by atoms with Crippen molar-refractivity contribution >= 4 is 8.80 Å². The van der Waals surface area contributed by atoms with Crippen LogP contribution in [0.25, 0.3) is 0 Å². The van der Waals surface area contributed by atoms with Gasteiger partial charge in [-0.15, -0.1) is 0 Å². The van der Waals surface area contributed by atoms with Gasteiger partial charge in [0, 0.05) is 6.04 Å². The monoisotopic (exact) mass is 763 g/mol. The molecule has 304 valence electrons. The van der Waals surface area contributed by atoms with Crippen LogP contribution in [0.3, 0.4) is 0 Å². The summed E-state index contributed by atoms with van der Waals surface area (Å²) >= 11 is 0. The van der Waals surface area contributed by atoms with E-state index in [1.807, 2.05) is 0 Å². The normalized spacial score (nSPS) is 13.6. The minimum Gasteiger partial charge on any atom is -1.00 e. The second-order valence-corrected chi connectivity index (χ2v) is 17.7. The Morgan fingerprint density at radius 3 is 1.06 bits per heavy atom. The lowest BCUT2D eigenvalue weighted by Crippen LogP contribution is -3.10. The summed E-state index contributed by atoms with van der Waals surface area (Å²) in [7, 11) is 0.474. The van der Waals surface area contributed by atoms with Crippen molar-refractivity contribution in [3.05, 3.63) is 0 Å². The van der Waals surface area contributed by atoms with Crippen LogP contribution in [0.4, 0.5) is 0 Å². The van der Waals surface area contributed by atoms with Gasteiger partial charge in [-0.3, -0.25) is 0 Å². The van der Waals surface area contributed by atoms with E-state index < -0.39 is 65.1 Å². The number of halogens is 1. The molecule has 0 saturated heterocycles. The molecule has 0 aromatic carbocycles.